The molecule has 0 aromatic heterocycles. The van der Waals surface area contributed by atoms with Gasteiger partial charge in [-0.25, -0.2) is 4.79 Å². The lowest BCUT2D eigenvalue weighted by Crippen LogP contribution is -2.56. The molecule has 1 aliphatic rings. The van der Waals surface area contributed by atoms with Crippen molar-refractivity contribution < 1.29 is 23.8 Å². The number of ether oxygens (including phenoxy) is 2. The Morgan fingerprint density at radius 1 is 1.43 bits per heavy atom. The Morgan fingerprint density at radius 2 is 2.00 bits per heavy atom. The van der Waals surface area contributed by atoms with Crippen LogP contribution in [0.25, 0.3) is 0 Å². The molecule has 23 heavy (non-hydrogen) atoms. The third-order valence-electron chi connectivity index (χ3n) is 4.90. The van der Waals surface area contributed by atoms with Crippen molar-refractivity contribution in [3.63, 3.8) is 0 Å². The van der Waals surface area contributed by atoms with E-state index in [0.717, 1.165) is 0 Å². The van der Waals surface area contributed by atoms with Gasteiger partial charge in [0.15, 0.2) is 8.32 Å². The topological polar surface area (TPSA) is 65.0 Å². The maximum atomic E-state index is 12.0. The van der Waals surface area contributed by atoms with Gasteiger partial charge in [0.1, 0.15) is 11.7 Å². The molecule has 0 aromatic carbocycles. The van der Waals surface area contributed by atoms with E-state index in [1.165, 1.54) is 26.4 Å². The summed E-state index contributed by atoms with van der Waals surface area (Å²) in [6.07, 6.45) is 2.12. The molecule has 132 valence electrons. The lowest BCUT2D eigenvalue weighted by atomic mass is 9.82. The van der Waals surface area contributed by atoms with Crippen molar-refractivity contribution in [3.8, 4) is 0 Å². The lowest BCUT2D eigenvalue weighted by Gasteiger charge is -2.46. The molecule has 0 aromatic rings. The Kier molecular flexibility index (Phi) is 6.02. The highest BCUT2D eigenvalue weighted by Gasteiger charge is 2.48. The third-order valence-corrected chi connectivity index (χ3v) is 9.41. The lowest BCUT2D eigenvalue weighted by molar-refractivity contribution is -0.139. The summed E-state index contributed by atoms with van der Waals surface area (Å²) in [5, 5.41) is 10.8. The van der Waals surface area contributed by atoms with Gasteiger partial charge in [-0.2, -0.15) is 0 Å². The molecule has 0 fully saturated rings. The number of carbonyl (C=O) groups excluding carboxylic acids is 1. The van der Waals surface area contributed by atoms with Gasteiger partial charge in [-0.1, -0.05) is 33.4 Å². The van der Waals surface area contributed by atoms with Crippen LogP contribution in [0.2, 0.25) is 18.1 Å². The van der Waals surface area contributed by atoms with Crippen LogP contribution < -0.4 is 0 Å². The van der Waals surface area contributed by atoms with Crippen LogP contribution in [0.1, 0.15) is 27.2 Å². The third kappa shape index (κ3) is 4.12. The molecule has 0 bridgehead atoms. The van der Waals surface area contributed by atoms with Gasteiger partial charge in [0, 0.05) is 19.1 Å². The van der Waals surface area contributed by atoms with Crippen molar-refractivity contribution in [2.75, 3.05) is 14.2 Å². The van der Waals surface area contributed by atoms with Gasteiger partial charge in [0.25, 0.3) is 0 Å². The Balaban J connectivity index is 3.23. The molecule has 0 saturated heterocycles. The van der Waals surface area contributed by atoms with Gasteiger partial charge < -0.3 is 19.0 Å². The van der Waals surface area contributed by atoms with Gasteiger partial charge in [-0.3, -0.25) is 0 Å². The molecule has 0 heterocycles. The molecular weight excluding hydrogens is 312 g/mol. The number of aliphatic hydroxyl groups is 1. The van der Waals surface area contributed by atoms with E-state index in [2.05, 4.69) is 40.4 Å². The first-order chi connectivity index (χ1) is 10.4. The van der Waals surface area contributed by atoms with Crippen LogP contribution in [0.15, 0.2) is 24.3 Å². The minimum absolute atomic E-state index is 0.00414. The van der Waals surface area contributed by atoms with Crippen molar-refractivity contribution in [2.24, 2.45) is 0 Å². The molecule has 3 atom stereocenters. The smallest absolute Gasteiger partial charge is 0.333 e. The molecule has 0 radical (unpaired) electrons. The predicted molar refractivity (Wildman–Crippen MR) is 92.7 cm³/mol. The van der Waals surface area contributed by atoms with Crippen LogP contribution in [0, 0.1) is 0 Å². The van der Waals surface area contributed by atoms with E-state index < -0.39 is 32.1 Å². The molecule has 0 unspecified atom stereocenters. The molecule has 0 saturated carbocycles. The maximum absolute atomic E-state index is 12.0. The SMILES string of the molecule is C=C[C@]1(O)C=C(C(=O)OC)C[C@@H](O[Si](C)(C)C(C)(C)C)[C@@H]1OC. The summed E-state index contributed by atoms with van der Waals surface area (Å²) < 4.78 is 16.7. The molecule has 6 heteroatoms. The van der Waals surface area contributed by atoms with E-state index >= 15 is 0 Å². The van der Waals surface area contributed by atoms with Crippen LogP contribution in [-0.4, -0.2) is 51.4 Å². The summed E-state index contributed by atoms with van der Waals surface area (Å²) >= 11 is 0. The molecule has 0 spiro atoms. The van der Waals surface area contributed by atoms with Crippen LogP contribution in [0.4, 0.5) is 0 Å². The Labute approximate surface area is 140 Å². The Morgan fingerprint density at radius 3 is 2.39 bits per heavy atom. The second kappa shape index (κ2) is 6.89. The number of methoxy groups -OCH3 is 2. The Bertz CT molecular complexity index is 492. The van der Waals surface area contributed by atoms with Crippen molar-refractivity contribution in [1.82, 2.24) is 0 Å². The minimum Gasteiger partial charge on any atom is -0.466 e. The quantitative estimate of drug-likeness (QED) is 0.473. The van der Waals surface area contributed by atoms with E-state index in [1.807, 2.05) is 0 Å². The fourth-order valence-corrected chi connectivity index (χ4v) is 3.81. The van der Waals surface area contributed by atoms with Crippen LogP contribution in [-0.2, 0) is 18.7 Å². The average Bonchev–Trinajstić information content (AvgIpc) is 2.44. The maximum Gasteiger partial charge on any atom is 0.333 e. The number of carbonyl (C=O) groups is 1. The van der Waals surface area contributed by atoms with Gasteiger partial charge in [0.2, 0.25) is 0 Å². The van der Waals surface area contributed by atoms with E-state index in [1.54, 1.807) is 0 Å². The fraction of sp³-hybridized carbons (Fsp3) is 0.706. The van der Waals surface area contributed by atoms with Gasteiger partial charge in [0.05, 0.1) is 13.2 Å². The first-order valence-corrected chi connectivity index (χ1v) is 10.7. The molecule has 1 aliphatic carbocycles. The molecule has 0 aliphatic heterocycles. The monoisotopic (exact) mass is 342 g/mol. The normalized spacial score (nSPS) is 29.0. The molecule has 0 amide bonds. The van der Waals surface area contributed by atoms with Crippen molar-refractivity contribution >= 4 is 14.3 Å². The summed E-state index contributed by atoms with van der Waals surface area (Å²) in [6, 6.07) is 0. The molecule has 1 N–H and O–H groups in total. The summed E-state index contributed by atoms with van der Waals surface area (Å²) in [4.78, 5) is 12.0. The van der Waals surface area contributed by atoms with Gasteiger partial charge >= 0.3 is 5.97 Å². The number of esters is 1. The van der Waals surface area contributed by atoms with E-state index in [0.29, 0.717) is 12.0 Å². The fourth-order valence-electron chi connectivity index (χ4n) is 2.49. The second-order valence-electron chi connectivity index (χ2n) is 7.53. The van der Waals surface area contributed by atoms with Crippen molar-refractivity contribution in [2.45, 2.75) is 63.1 Å². The predicted octanol–water partition coefficient (Wildman–Crippen LogP) is 2.81. The first kappa shape index (κ1) is 20.1. The average molecular weight is 343 g/mol. The summed E-state index contributed by atoms with van der Waals surface area (Å²) in [5.74, 6) is -0.469. The number of hydrogen-bond acceptors (Lipinski definition) is 5. The van der Waals surface area contributed by atoms with Crippen molar-refractivity contribution in [3.05, 3.63) is 24.3 Å². The molecule has 1 rings (SSSR count). The number of hydrogen-bond donors (Lipinski definition) is 1. The van der Waals surface area contributed by atoms with Gasteiger partial charge in [-0.15, -0.1) is 0 Å². The standard InChI is InChI=1S/C17H30O5Si/c1-9-17(19)11-12(15(18)21-6)10-13(14(17)20-5)22-23(7,8)16(2,3)4/h9,11,13-14,19H,1,10H2,2-8H3/t13-,14+,17+/m1/s1. The highest BCUT2D eigenvalue weighted by molar-refractivity contribution is 6.74. The van der Waals surface area contributed by atoms with E-state index in [9.17, 15) is 9.90 Å². The summed E-state index contributed by atoms with van der Waals surface area (Å²) in [7, 11) is 0.743. The van der Waals surface area contributed by atoms with Crippen LogP contribution >= 0.6 is 0 Å². The van der Waals surface area contributed by atoms with Gasteiger partial charge in [-0.05, 0) is 24.2 Å². The highest BCUT2D eigenvalue weighted by Crippen LogP contribution is 2.41. The largest absolute Gasteiger partial charge is 0.466 e. The van der Waals surface area contributed by atoms with E-state index in [4.69, 9.17) is 13.9 Å². The zero-order valence-electron chi connectivity index (χ0n) is 15.3. The minimum atomic E-state index is -2.10. The first-order valence-electron chi connectivity index (χ1n) is 7.78. The summed E-state index contributed by atoms with van der Waals surface area (Å²) in [6.45, 7) is 14.4. The van der Waals surface area contributed by atoms with E-state index in [-0.39, 0.29) is 5.04 Å². The van der Waals surface area contributed by atoms with Crippen molar-refractivity contribution in [1.29, 1.82) is 0 Å². The molecule has 5 nitrogen and oxygen atoms in total. The second-order valence-corrected chi connectivity index (χ2v) is 12.3. The van der Waals surface area contributed by atoms with Crippen LogP contribution in [0.5, 0.6) is 0 Å². The van der Waals surface area contributed by atoms with Crippen LogP contribution in [0.3, 0.4) is 0 Å². The zero-order valence-corrected chi connectivity index (χ0v) is 16.3. The molecular formula is C17H30O5Si. The number of rotatable bonds is 5. The zero-order chi connectivity index (χ0) is 18.1. The highest BCUT2D eigenvalue weighted by atomic mass is 28.4. The summed E-state index contributed by atoms with van der Waals surface area (Å²) in [5.41, 5.74) is -1.09. The Hall–Kier alpha value is -0.953.